The van der Waals surface area contributed by atoms with E-state index in [0.29, 0.717) is 5.92 Å². The van der Waals surface area contributed by atoms with E-state index >= 15 is 0 Å². The van der Waals surface area contributed by atoms with Crippen molar-refractivity contribution in [3.63, 3.8) is 0 Å². The average Bonchev–Trinajstić information content (AvgIpc) is 3.66. The molecule has 1 radical (unpaired) electrons. The first kappa shape index (κ1) is 29.1. The van der Waals surface area contributed by atoms with E-state index in [0.717, 1.165) is 39.1 Å². The predicted molar refractivity (Wildman–Crippen MR) is 168 cm³/mol. The van der Waals surface area contributed by atoms with E-state index in [1.165, 1.54) is 41.8 Å². The van der Waals surface area contributed by atoms with Gasteiger partial charge in [-0.2, -0.15) is 0 Å². The molecule has 0 aliphatic heterocycles. The van der Waals surface area contributed by atoms with Crippen LogP contribution in [0.15, 0.2) is 102 Å². The van der Waals surface area contributed by atoms with Crippen LogP contribution in [-0.4, -0.2) is 18.0 Å². The second-order valence-electron chi connectivity index (χ2n) is 11.6. The Morgan fingerprint density at radius 1 is 0.780 bits per heavy atom. The van der Waals surface area contributed by atoms with Crippen LogP contribution in [-0.2, 0) is 20.1 Å². The summed E-state index contributed by atoms with van der Waals surface area (Å²) in [5, 5.41) is 3.81. The quantitative estimate of drug-likeness (QED) is 0.134. The van der Waals surface area contributed by atoms with Crippen molar-refractivity contribution >= 4 is 35.2 Å². The van der Waals surface area contributed by atoms with Crippen molar-refractivity contribution in [3.8, 4) is 22.5 Å². The van der Waals surface area contributed by atoms with Gasteiger partial charge in [0.1, 0.15) is 5.58 Å². The fraction of sp³-hybridized carbons (Fsp3) is 0.222. The van der Waals surface area contributed by atoms with Gasteiger partial charge in [-0.25, -0.2) is 0 Å². The molecule has 0 amide bonds. The molecule has 0 unspecified atom stereocenters. The molecule has 7 rings (SSSR count). The first-order valence-electron chi connectivity index (χ1n) is 14.2. The van der Waals surface area contributed by atoms with Gasteiger partial charge in [0.2, 0.25) is 0 Å². The molecule has 0 N–H and O–H groups in total. The van der Waals surface area contributed by atoms with Gasteiger partial charge >= 0.3 is 0 Å². The molecule has 6 aromatic rings. The summed E-state index contributed by atoms with van der Waals surface area (Å²) in [4.78, 5) is 9.00. The first-order chi connectivity index (χ1) is 19.5. The first-order valence-corrected chi connectivity index (χ1v) is 17.7. The van der Waals surface area contributed by atoms with E-state index in [1.54, 1.807) is 6.20 Å². The zero-order valence-electron chi connectivity index (χ0n) is 23.8. The normalized spacial score (nSPS) is 13.5. The minimum atomic E-state index is -1.37. The number of nitrogens with zero attached hydrogens (tertiary/aromatic N) is 2. The second-order valence-corrected chi connectivity index (χ2v) is 16.7. The fourth-order valence-corrected chi connectivity index (χ4v) is 6.69. The van der Waals surface area contributed by atoms with Crippen LogP contribution in [0, 0.1) is 12.1 Å². The van der Waals surface area contributed by atoms with Crippen molar-refractivity contribution in [2.24, 2.45) is 0 Å². The third kappa shape index (κ3) is 6.43. The standard InChI is InChI=1S/C25H26NOSi.C11H8N.Ir/c1-28(2,3)19-12-14-24-22(15-19)20-9-6-10-21(25(20)27-24)23-13-11-18(16-26-23)17-7-4-5-8-17;1-2-6-10(7-3-1)11-8-4-5-9-12-11;/h6,9,11-17H,4-5,7-8H2,1-3H3;1-6,8-9H;/q2*-1;. The predicted octanol–water partition coefficient (Wildman–Crippen LogP) is 9.20. The van der Waals surface area contributed by atoms with Gasteiger partial charge in [-0.05, 0) is 47.8 Å². The monoisotopic (exact) mass is 731 g/mol. The summed E-state index contributed by atoms with van der Waals surface area (Å²) in [6.45, 7) is 7.14. The summed E-state index contributed by atoms with van der Waals surface area (Å²) >= 11 is 0. The van der Waals surface area contributed by atoms with Gasteiger partial charge in [-0.3, -0.25) is 0 Å². The number of fused-ring (bicyclic) bond motifs is 3. The van der Waals surface area contributed by atoms with Crippen molar-refractivity contribution in [3.05, 3.63) is 115 Å². The molecule has 5 heteroatoms. The number of furan rings is 1. The minimum absolute atomic E-state index is 0. The Morgan fingerprint density at radius 2 is 1.61 bits per heavy atom. The van der Waals surface area contributed by atoms with Crippen LogP contribution in [0.3, 0.4) is 0 Å². The Balaban J connectivity index is 0.000000218. The summed E-state index contributed by atoms with van der Waals surface area (Å²) in [6.07, 6.45) is 9.13. The zero-order valence-corrected chi connectivity index (χ0v) is 27.2. The molecule has 1 saturated carbocycles. The van der Waals surface area contributed by atoms with E-state index < -0.39 is 8.07 Å². The van der Waals surface area contributed by atoms with E-state index in [1.807, 2.05) is 48.5 Å². The third-order valence-electron chi connectivity index (χ3n) is 7.82. The molecule has 0 atom stereocenters. The maximum absolute atomic E-state index is 6.28. The summed E-state index contributed by atoms with van der Waals surface area (Å²) in [5.74, 6) is 0.688. The Kier molecular flexibility index (Phi) is 8.99. The molecule has 1 aliphatic carbocycles. The molecule has 41 heavy (non-hydrogen) atoms. The largest absolute Gasteiger partial charge is 0.501 e. The van der Waals surface area contributed by atoms with Crippen molar-refractivity contribution in [2.75, 3.05) is 0 Å². The molecule has 3 aromatic carbocycles. The summed E-state index contributed by atoms with van der Waals surface area (Å²) in [6, 6.07) is 35.4. The summed E-state index contributed by atoms with van der Waals surface area (Å²) < 4.78 is 6.28. The molecular formula is C36H34IrN2OSi-2. The van der Waals surface area contributed by atoms with Gasteiger partial charge in [-0.15, -0.1) is 54.1 Å². The Hall–Kier alpha value is -3.37. The summed E-state index contributed by atoms with van der Waals surface area (Å²) in [5.41, 5.74) is 7.12. The molecule has 3 nitrogen and oxygen atoms in total. The zero-order chi connectivity index (χ0) is 27.5. The average molecular weight is 731 g/mol. The maximum atomic E-state index is 6.28. The molecular weight excluding hydrogens is 697 g/mol. The molecule has 3 heterocycles. The molecule has 0 saturated heterocycles. The number of hydrogen-bond donors (Lipinski definition) is 0. The Labute approximate surface area is 257 Å². The van der Waals surface area contributed by atoms with Gasteiger partial charge in [0, 0.05) is 37.9 Å². The van der Waals surface area contributed by atoms with Crippen LogP contribution in [0.4, 0.5) is 0 Å². The molecule has 1 aliphatic rings. The van der Waals surface area contributed by atoms with E-state index in [4.69, 9.17) is 9.40 Å². The minimum Gasteiger partial charge on any atom is -0.501 e. The molecule has 209 valence electrons. The molecule has 0 spiro atoms. The number of aromatic nitrogens is 2. The third-order valence-corrected chi connectivity index (χ3v) is 9.86. The van der Waals surface area contributed by atoms with Crippen LogP contribution < -0.4 is 5.19 Å². The Bertz CT molecular complexity index is 1680. The van der Waals surface area contributed by atoms with Crippen LogP contribution >= 0.6 is 0 Å². The van der Waals surface area contributed by atoms with Crippen molar-refractivity contribution in [2.45, 2.75) is 51.2 Å². The number of pyridine rings is 2. The van der Waals surface area contributed by atoms with Crippen LogP contribution in [0.5, 0.6) is 0 Å². The summed E-state index contributed by atoms with van der Waals surface area (Å²) in [7, 11) is -1.37. The van der Waals surface area contributed by atoms with Gasteiger partial charge < -0.3 is 14.4 Å². The smallest absolute Gasteiger partial charge is 0.120 e. The van der Waals surface area contributed by atoms with Crippen molar-refractivity contribution in [1.29, 1.82) is 0 Å². The Morgan fingerprint density at radius 3 is 2.29 bits per heavy atom. The van der Waals surface area contributed by atoms with Crippen molar-refractivity contribution in [1.82, 2.24) is 9.97 Å². The van der Waals surface area contributed by atoms with Gasteiger partial charge in [0.15, 0.2) is 0 Å². The number of rotatable bonds is 4. The fourth-order valence-electron chi connectivity index (χ4n) is 5.53. The topological polar surface area (TPSA) is 38.9 Å². The van der Waals surface area contributed by atoms with Crippen LogP contribution in [0.25, 0.3) is 44.5 Å². The SMILES string of the molecule is C[Si](C)(C)c1ccc2oc3c(-c4ccc(C5CCCC5)cn4)[c-]ccc3c2c1.[Ir].[c-]1ccccc1-c1ccccn1. The van der Waals surface area contributed by atoms with Crippen molar-refractivity contribution < 1.29 is 24.5 Å². The number of benzene rings is 3. The molecule has 3 aromatic heterocycles. The van der Waals surface area contributed by atoms with E-state index in [9.17, 15) is 0 Å². The molecule has 0 bridgehead atoms. The van der Waals surface area contributed by atoms with Gasteiger partial charge in [0.05, 0.1) is 13.7 Å². The van der Waals surface area contributed by atoms with E-state index in [2.05, 4.69) is 79.4 Å². The number of hydrogen-bond acceptors (Lipinski definition) is 3. The molecule has 1 fully saturated rings. The van der Waals surface area contributed by atoms with Gasteiger partial charge in [-0.1, -0.05) is 85.0 Å². The van der Waals surface area contributed by atoms with Crippen LogP contribution in [0.1, 0.15) is 37.2 Å². The second kappa shape index (κ2) is 12.6. The maximum Gasteiger partial charge on any atom is 0.120 e. The van der Waals surface area contributed by atoms with E-state index in [-0.39, 0.29) is 20.1 Å². The van der Waals surface area contributed by atoms with Crippen LogP contribution in [0.2, 0.25) is 19.6 Å². The van der Waals surface area contributed by atoms with Gasteiger partial charge in [0.25, 0.3) is 0 Å².